The average Bonchev–Trinajstić information content (AvgIpc) is 3.62. The van der Waals surface area contributed by atoms with Gasteiger partial charge in [-0.2, -0.15) is 0 Å². The van der Waals surface area contributed by atoms with Crippen molar-refractivity contribution in [2.75, 3.05) is 10.6 Å². The first-order valence-electron chi connectivity index (χ1n) is 15.7. The Kier molecular flexibility index (Phi) is 11.7. The number of benzene rings is 5. The van der Waals surface area contributed by atoms with Gasteiger partial charge in [0.05, 0.1) is 15.7 Å². The Bertz CT molecular complexity index is 2190. The molecule has 0 aliphatic carbocycles. The van der Waals surface area contributed by atoms with Gasteiger partial charge in [-0.15, -0.1) is 23.1 Å². The number of hydrogen-bond donors (Lipinski definition) is 3. The summed E-state index contributed by atoms with van der Waals surface area (Å²) in [6, 6.07) is 38.3. The number of carbonyl (C=O) groups excluding carboxylic acids is 3. The van der Waals surface area contributed by atoms with Crippen molar-refractivity contribution in [3.8, 4) is 11.3 Å². The first kappa shape index (κ1) is 35.6. The van der Waals surface area contributed by atoms with Crippen LogP contribution in [-0.2, 0) is 9.59 Å². The summed E-state index contributed by atoms with van der Waals surface area (Å²) in [6.07, 6.45) is 1.48. The van der Waals surface area contributed by atoms with Crippen molar-refractivity contribution in [3.05, 3.63) is 171 Å². The Balaban J connectivity index is 1.18. The highest BCUT2D eigenvalue weighted by atomic mass is 35.5. The van der Waals surface area contributed by atoms with E-state index >= 15 is 0 Å². The fraction of sp³-hybridized carbons (Fsp3) is 0.0500. The van der Waals surface area contributed by atoms with E-state index in [4.69, 9.17) is 23.2 Å². The molecule has 254 valence electrons. The summed E-state index contributed by atoms with van der Waals surface area (Å²) in [5.41, 5.74) is 5.06. The van der Waals surface area contributed by atoms with E-state index in [1.54, 1.807) is 60.7 Å². The third-order valence-electron chi connectivity index (χ3n) is 7.60. The van der Waals surface area contributed by atoms with Crippen LogP contribution in [0.3, 0.4) is 0 Å². The zero-order valence-electron chi connectivity index (χ0n) is 27.1. The number of aryl methyl sites for hydroxylation is 1. The van der Waals surface area contributed by atoms with Crippen molar-refractivity contribution in [2.45, 2.75) is 17.1 Å². The van der Waals surface area contributed by atoms with Gasteiger partial charge in [0, 0.05) is 27.1 Å². The standard InChI is InChI=1S/C40H30Cl2N4O3S2/c1-25-15-17-26(18-16-25)34-24-50-40(45-34)46-39(49)36(27-9-4-2-5-10-27)51-31-21-19-30(20-22-31)43-38(48)33(23-29-13-8-14-32(41)35(29)42)44-37(47)28-11-6-3-7-12-28/h2-24,36H,1H3,(H,43,48)(H,44,47)(H,45,46,49)/b33-23-. The van der Waals surface area contributed by atoms with Gasteiger partial charge in [-0.3, -0.25) is 14.4 Å². The number of thiazole rings is 1. The molecule has 1 heterocycles. The van der Waals surface area contributed by atoms with Crippen molar-refractivity contribution >= 4 is 80.9 Å². The minimum atomic E-state index is -0.580. The minimum Gasteiger partial charge on any atom is -0.321 e. The van der Waals surface area contributed by atoms with Crippen LogP contribution in [-0.4, -0.2) is 22.7 Å². The SMILES string of the molecule is Cc1ccc(-c2csc(NC(=O)C(Sc3ccc(NC(=O)/C(=C/c4cccc(Cl)c4Cl)NC(=O)c4ccccc4)cc3)c3ccccc3)n2)cc1. The molecule has 1 unspecified atom stereocenters. The zero-order chi connectivity index (χ0) is 35.7. The Labute approximate surface area is 313 Å². The molecule has 0 aliphatic heterocycles. The second kappa shape index (κ2) is 16.7. The van der Waals surface area contributed by atoms with Crippen LogP contribution in [0.15, 0.2) is 143 Å². The summed E-state index contributed by atoms with van der Waals surface area (Å²) >= 11 is 15.4. The second-order valence-corrected chi connectivity index (χ2v) is 14.1. The number of hydrogen-bond acceptors (Lipinski definition) is 6. The molecular weight excluding hydrogens is 720 g/mol. The summed E-state index contributed by atoms with van der Waals surface area (Å²) < 4.78 is 0. The van der Waals surface area contributed by atoms with Gasteiger partial charge in [0.1, 0.15) is 10.9 Å². The molecule has 11 heteroatoms. The van der Waals surface area contributed by atoms with E-state index in [0.717, 1.165) is 27.3 Å². The average molecular weight is 750 g/mol. The number of carbonyl (C=O) groups is 3. The molecule has 1 aromatic heterocycles. The van der Waals surface area contributed by atoms with Gasteiger partial charge < -0.3 is 16.0 Å². The lowest BCUT2D eigenvalue weighted by Gasteiger charge is -2.17. The quantitative estimate of drug-likeness (QED) is 0.0905. The molecule has 7 nitrogen and oxygen atoms in total. The molecule has 0 radical (unpaired) electrons. The van der Waals surface area contributed by atoms with Crippen LogP contribution >= 0.6 is 46.3 Å². The van der Waals surface area contributed by atoms with E-state index < -0.39 is 17.1 Å². The number of aromatic nitrogens is 1. The highest BCUT2D eigenvalue weighted by molar-refractivity contribution is 8.00. The maximum atomic E-state index is 13.7. The molecule has 0 fully saturated rings. The number of anilines is 2. The lowest BCUT2D eigenvalue weighted by atomic mass is 10.1. The van der Waals surface area contributed by atoms with E-state index in [2.05, 4.69) is 20.9 Å². The van der Waals surface area contributed by atoms with Crippen LogP contribution in [0.5, 0.6) is 0 Å². The summed E-state index contributed by atoms with van der Waals surface area (Å²) in [4.78, 5) is 45.8. The number of amides is 3. The second-order valence-electron chi connectivity index (χ2n) is 11.3. The number of nitrogens with one attached hydrogen (secondary N) is 3. The Morgan fingerprint density at radius 3 is 2.18 bits per heavy atom. The maximum Gasteiger partial charge on any atom is 0.272 e. The highest BCUT2D eigenvalue weighted by Gasteiger charge is 2.24. The van der Waals surface area contributed by atoms with Gasteiger partial charge in [-0.05, 0) is 66.6 Å². The fourth-order valence-electron chi connectivity index (χ4n) is 4.94. The molecular formula is C40H30Cl2N4O3S2. The molecule has 3 N–H and O–H groups in total. The van der Waals surface area contributed by atoms with Crippen molar-refractivity contribution < 1.29 is 14.4 Å². The molecule has 0 bridgehead atoms. The largest absolute Gasteiger partial charge is 0.321 e. The molecule has 0 saturated heterocycles. The number of thioether (sulfide) groups is 1. The van der Waals surface area contributed by atoms with Crippen molar-refractivity contribution in [1.82, 2.24) is 10.3 Å². The minimum absolute atomic E-state index is 0.0278. The lowest BCUT2D eigenvalue weighted by Crippen LogP contribution is -2.30. The predicted molar refractivity (Wildman–Crippen MR) is 209 cm³/mol. The maximum absolute atomic E-state index is 13.7. The van der Waals surface area contributed by atoms with E-state index in [1.807, 2.05) is 79.0 Å². The van der Waals surface area contributed by atoms with Crippen molar-refractivity contribution in [1.29, 1.82) is 0 Å². The van der Waals surface area contributed by atoms with Crippen LogP contribution < -0.4 is 16.0 Å². The predicted octanol–water partition coefficient (Wildman–Crippen LogP) is 10.3. The third kappa shape index (κ3) is 9.33. The fourth-order valence-corrected chi connectivity index (χ4v) is 7.05. The lowest BCUT2D eigenvalue weighted by molar-refractivity contribution is -0.116. The molecule has 0 spiro atoms. The molecule has 6 aromatic rings. The van der Waals surface area contributed by atoms with Crippen LogP contribution in [0.25, 0.3) is 17.3 Å². The molecule has 5 aromatic carbocycles. The van der Waals surface area contributed by atoms with E-state index in [1.165, 1.54) is 29.2 Å². The first-order chi connectivity index (χ1) is 24.7. The van der Waals surface area contributed by atoms with Crippen LogP contribution in [0.4, 0.5) is 10.8 Å². The normalized spacial score (nSPS) is 11.8. The van der Waals surface area contributed by atoms with Gasteiger partial charge in [0.2, 0.25) is 5.91 Å². The smallest absolute Gasteiger partial charge is 0.272 e. The van der Waals surface area contributed by atoms with E-state index in [9.17, 15) is 14.4 Å². The number of rotatable bonds is 11. The van der Waals surface area contributed by atoms with Crippen LogP contribution in [0.1, 0.15) is 32.3 Å². The van der Waals surface area contributed by atoms with Crippen molar-refractivity contribution in [2.24, 2.45) is 0 Å². The monoisotopic (exact) mass is 748 g/mol. The molecule has 0 saturated carbocycles. The van der Waals surface area contributed by atoms with E-state index in [-0.39, 0.29) is 16.6 Å². The highest BCUT2D eigenvalue weighted by Crippen LogP contribution is 2.37. The summed E-state index contributed by atoms with van der Waals surface area (Å²) in [6.45, 7) is 2.03. The van der Waals surface area contributed by atoms with Gasteiger partial charge in [-0.25, -0.2) is 4.98 Å². The number of halogens is 2. The van der Waals surface area contributed by atoms with Gasteiger partial charge in [0.25, 0.3) is 11.8 Å². The summed E-state index contributed by atoms with van der Waals surface area (Å²) in [7, 11) is 0. The number of nitrogens with zero attached hydrogens (tertiary/aromatic N) is 1. The zero-order valence-corrected chi connectivity index (χ0v) is 30.2. The molecule has 6 rings (SSSR count). The van der Waals surface area contributed by atoms with Crippen LogP contribution in [0.2, 0.25) is 10.0 Å². The molecule has 1 atom stereocenters. The first-order valence-corrected chi connectivity index (χ1v) is 18.2. The Morgan fingerprint density at radius 1 is 0.784 bits per heavy atom. The Hall–Kier alpha value is -5.19. The topological polar surface area (TPSA) is 100 Å². The van der Waals surface area contributed by atoms with Crippen molar-refractivity contribution in [3.63, 3.8) is 0 Å². The third-order valence-corrected chi connectivity index (χ3v) is 10.5. The van der Waals surface area contributed by atoms with Crippen LogP contribution in [0, 0.1) is 6.92 Å². The van der Waals surface area contributed by atoms with Gasteiger partial charge in [0.15, 0.2) is 5.13 Å². The van der Waals surface area contributed by atoms with E-state index in [0.29, 0.717) is 27.0 Å². The summed E-state index contributed by atoms with van der Waals surface area (Å²) in [5.74, 6) is -1.24. The van der Waals surface area contributed by atoms with Gasteiger partial charge in [-0.1, -0.05) is 114 Å². The molecule has 3 amide bonds. The van der Waals surface area contributed by atoms with Gasteiger partial charge >= 0.3 is 0 Å². The molecule has 0 aliphatic rings. The summed E-state index contributed by atoms with van der Waals surface area (Å²) in [5, 5.41) is 11.0. The Morgan fingerprint density at radius 2 is 1.47 bits per heavy atom. The molecule has 51 heavy (non-hydrogen) atoms.